The van der Waals surface area contributed by atoms with Gasteiger partial charge in [-0.1, -0.05) is 15.9 Å². The van der Waals surface area contributed by atoms with Gasteiger partial charge in [-0.3, -0.25) is 0 Å². The first-order valence-corrected chi connectivity index (χ1v) is 4.66. The van der Waals surface area contributed by atoms with Crippen LogP contribution in [0.5, 0.6) is 0 Å². The molecule has 1 nitrogen and oxygen atoms in total. The van der Waals surface area contributed by atoms with E-state index in [1.807, 2.05) is 0 Å². The quantitative estimate of drug-likeness (QED) is 0.827. The second-order valence-electron chi connectivity index (χ2n) is 2.95. The lowest BCUT2D eigenvalue weighted by molar-refractivity contribution is -0.137. The van der Waals surface area contributed by atoms with Crippen LogP contribution in [0.15, 0.2) is 22.7 Å². The fraction of sp³-hybridized carbons (Fsp3) is 0.333. The van der Waals surface area contributed by atoms with Gasteiger partial charge in [0.05, 0.1) is 11.7 Å². The molecule has 0 aliphatic carbocycles. The van der Waals surface area contributed by atoms with Gasteiger partial charge < -0.3 is 5.11 Å². The minimum absolute atomic E-state index is 0.242. The van der Waals surface area contributed by atoms with E-state index < -0.39 is 17.8 Å². The van der Waals surface area contributed by atoms with Gasteiger partial charge >= 0.3 is 6.18 Å². The Bertz CT molecular complexity index is 333. The van der Waals surface area contributed by atoms with Crippen molar-refractivity contribution in [3.05, 3.63) is 33.8 Å². The van der Waals surface area contributed by atoms with Gasteiger partial charge in [-0.25, -0.2) is 0 Å². The summed E-state index contributed by atoms with van der Waals surface area (Å²) in [6, 6.07) is 3.38. The van der Waals surface area contributed by atoms with Crippen LogP contribution in [0.1, 0.15) is 24.2 Å². The smallest absolute Gasteiger partial charge is 0.389 e. The van der Waals surface area contributed by atoms with Gasteiger partial charge in [-0.15, -0.1) is 0 Å². The fourth-order valence-corrected chi connectivity index (χ4v) is 1.53. The fourth-order valence-electron chi connectivity index (χ4n) is 1.02. The molecular formula is C9H8BrF3O. The predicted octanol–water partition coefficient (Wildman–Crippen LogP) is 3.52. The highest BCUT2D eigenvalue weighted by molar-refractivity contribution is 9.10. The lowest BCUT2D eigenvalue weighted by Crippen LogP contribution is -2.06. The van der Waals surface area contributed by atoms with E-state index in [2.05, 4.69) is 15.9 Å². The Hall–Kier alpha value is -0.550. The highest BCUT2D eigenvalue weighted by Crippen LogP contribution is 2.33. The standard InChI is InChI=1S/C9H8BrF3O/c1-5(14)6-2-7(9(11,12)13)4-8(10)3-6/h2-5,14H,1H3/t5-/m1/s1. The van der Waals surface area contributed by atoms with E-state index in [0.29, 0.717) is 4.47 Å². The molecule has 14 heavy (non-hydrogen) atoms. The van der Waals surface area contributed by atoms with Crippen LogP contribution in [-0.2, 0) is 6.18 Å². The molecule has 0 aliphatic heterocycles. The molecule has 1 atom stereocenters. The van der Waals surface area contributed by atoms with Crippen molar-refractivity contribution in [1.29, 1.82) is 0 Å². The van der Waals surface area contributed by atoms with Crippen molar-refractivity contribution < 1.29 is 18.3 Å². The maximum atomic E-state index is 12.3. The summed E-state index contributed by atoms with van der Waals surface area (Å²) in [6.07, 6.45) is -5.29. The molecule has 0 aliphatic rings. The van der Waals surface area contributed by atoms with Crippen LogP contribution >= 0.6 is 15.9 Å². The number of halogens is 4. The molecule has 1 aromatic carbocycles. The number of rotatable bonds is 1. The van der Waals surface area contributed by atoms with Crippen molar-refractivity contribution >= 4 is 15.9 Å². The average molecular weight is 269 g/mol. The first-order valence-electron chi connectivity index (χ1n) is 3.86. The molecule has 0 heterocycles. The topological polar surface area (TPSA) is 20.2 Å². The normalized spacial score (nSPS) is 14.1. The second-order valence-corrected chi connectivity index (χ2v) is 3.86. The Kier molecular flexibility index (Phi) is 3.21. The van der Waals surface area contributed by atoms with E-state index in [9.17, 15) is 13.2 Å². The second kappa shape index (κ2) is 3.90. The summed E-state index contributed by atoms with van der Waals surface area (Å²) in [7, 11) is 0. The largest absolute Gasteiger partial charge is 0.416 e. The summed E-state index contributed by atoms with van der Waals surface area (Å²) >= 11 is 2.96. The molecular weight excluding hydrogens is 261 g/mol. The van der Waals surface area contributed by atoms with E-state index in [1.165, 1.54) is 13.0 Å². The maximum Gasteiger partial charge on any atom is 0.416 e. The van der Waals surface area contributed by atoms with Crippen molar-refractivity contribution in [2.24, 2.45) is 0 Å². The molecule has 5 heteroatoms. The summed E-state index contributed by atoms with van der Waals surface area (Å²) in [5, 5.41) is 9.15. The van der Waals surface area contributed by atoms with Gasteiger partial charge in [0.25, 0.3) is 0 Å². The Morgan fingerprint density at radius 2 is 1.86 bits per heavy atom. The number of benzene rings is 1. The first-order chi connectivity index (χ1) is 6.30. The number of hydrogen-bond acceptors (Lipinski definition) is 1. The zero-order valence-electron chi connectivity index (χ0n) is 7.27. The lowest BCUT2D eigenvalue weighted by Gasteiger charge is -2.11. The Morgan fingerprint density at radius 1 is 1.29 bits per heavy atom. The molecule has 1 aromatic rings. The molecule has 1 N–H and O–H groups in total. The van der Waals surface area contributed by atoms with Gasteiger partial charge in [0.1, 0.15) is 0 Å². The van der Waals surface area contributed by atoms with Gasteiger partial charge in [0.2, 0.25) is 0 Å². The van der Waals surface area contributed by atoms with Crippen LogP contribution in [0, 0.1) is 0 Å². The minimum Gasteiger partial charge on any atom is -0.389 e. The van der Waals surface area contributed by atoms with E-state index in [4.69, 9.17) is 5.11 Å². The third-order valence-corrected chi connectivity index (χ3v) is 2.19. The summed E-state index contributed by atoms with van der Waals surface area (Å²) in [6.45, 7) is 1.42. The highest BCUT2D eigenvalue weighted by atomic mass is 79.9. The van der Waals surface area contributed by atoms with Crippen molar-refractivity contribution in [2.45, 2.75) is 19.2 Å². The molecule has 0 fully saturated rings. The molecule has 0 radical (unpaired) electrons. The van der Waals surface area contributed by atoms with E-state index >= 15 is 0 Å². The summed E-state index contributed by atoms with van der Waals surface area (Å²) in [5.41, 5.74) is -0.519. The molecule has 0 spiro atoms. The number of hydrogen-bond donors (Lipinski definition) is 1. The lowest BCUT2D eigenvalue weighted by atomic mass is 10.1. The maximum absolute atomic E-state index is 12.3. The van der Waals surface area contributed by atoms with Crippen LogP contribution in [0.3, 0.4) is 0 Å². The average Bonchev–Trinajstić information content (AvgIpc) is 2.01. The molecule has 0 amide bonds. The van der Waals surface area contributed by atoms with Crippen LogP contribution in [0.2, 0.25) is 0 Å². The zero-order valence-corrected chi connectivity index (χ0v) is 8.85. The minimum atomic E-state index is -4.38. The molecule has 0 unspecified atom stereocenters. The molecule has 0 bridgehead atoms. The van der Waals surface area contributed by atoms with Gasteiger partial charge in [0.15, 0.2) is 0 Å². The van der Waals surface area contributed by atoms with Crippen LogP contribution in [-0.4, -0.2) is 5.11 Å². The van der Waals surface area contributed by atoms with Crippen molar-refractivity contribution in [3.8, 4) is 0 Å². The van der Waals surface area contributed by atoms with Gasteiger partial charge in [0, 0.05) is 4.47 Å². The summed E-state index contributed by atoms with van der Waals surface area (Å²) in [4.78, 5) is 0. The Balaban J connectivity index is 3.21. The van der Waals surface area contributed by atoms with E-state index in [0.717, 1.165) is 12.1 Å². The third-order valence-electron chi connectivity index (χ3n) is 1.73. The SMILES string of the molecule is C[C@@H](O)c1cc(Br)cc(C(F)(F)F)c1. The van der Waals surface area contributed by atoms with E-state index in [-0.39, 0.29) is 5.56 Å². The summed E-state index contributed by atoms with van der Waals surface area (Å²) < 4.78 is 37.2. The monoisotopic (exact) mass is 268 g/mol. The molecule has 0 aromatic heterocycles. The zero-order chi connectivity index (χ0) is 10.9. The van der Waals surface area contributed by atoms with Gasteiger partial charge in [-0.2, -0.15) is 13.2 Å². The van der Waals surface area contributed by atoms with Crippen molar-refractivity contribution in [3.63, 3.8) is 0 Å². The van der Waals surface area contributed by atoms with Crippen LogP contribution in [0.25, 0.3) is 0 Å². The summed E-state index contributed by atoms with van der Waals surface area (Å²) in [5.74, 6) is 0. The van der Waals surface area contributed by atoms with Crippen molar-refractivity contribution in [1.82, 2.24) is 0 Å². The molecule has 0 saturated heterocycles. The molecule has 1 rings (SSSR count). The molecule has 78 valence electrons. The van der Waals surface area contributed by atoms with Gasteiger partial charge in [-0.05, 0) is 30.7 Å². The molecule has 0 saturated carbocycles. The van der Waals surface area contributed by atoms with Crippen LogP contribution in [0.4, 0.5) is 13.2 Å². The number of alkyl halides is 3. The van der Waals surface area contributed by atoms with Crippen LogP contribution < -0.4 is 0 Å². The number of aliphatic hydroxyl groups is 1. The first kappa shape index (κ1) is 11.5. The third kappa shape index (κ3) is 2.72. The van der Waals surface area contributed by atoms with E-state index in [1.54, 1.807) is 0 Å². The highest BCUT2D eigenvalue weighted by Gasteiger charge is 2.31. The number of aliphatic hydroxyl groups excluding tert-OH is 1. The Labute approximate surface area is 87.7 Å². The van der Waals surface area contributed by atoms with Crippen molar-refractivity contribution in [2.75, 3.05) is 0 Å². The predicted molar refractivity (Wildman–Crippen MR) is 49.8 cm³/mol. The Morgan fingerprint density at radius 3 is 2.29 bits per heavy atom.